The summed E-state index contributed by atoms with van der Waals surface area (Å²) in [6, 6.07) is 4.22. The van der Waals surface area contributed by atoms with E-state index in [4.69, 9.17) is 0 Å². The number of carbonyl (C=O) groups is 1. The second kappa shape index (κ2) is 5.10. The van der Waals surface area contributed by atoms with Crippen LogP contribution in [0.25, 0.3) is 0 Å². The highest BCUT2D eigenvalue weighted by Gasteiger charge is 2.22. The van der Waals surface area contributed by atoms with Gasteiger partial charge in [-0.05, 0) is 43.9 Å². The lowest BCUT2D eigenvalue weighted by Crippen LogP contribution is -2.42. The largest absolute Gasteiger partial charge is 0.340 e. The van der Waals surface area contributed by atoms with Crippen molar-refractivity contribution in [3.63, 3.8) is 0 Å². The van der Waals surface area contributed by atoms with E-state index in [1.807, 2.05) is 17.0 Å². The van der Waals surface area contributed by atoms with E-state index in [9.17, 15) is 4.79 Å². The fourth-order valence-electron chi connectivity index (χ4n) is 2.25. The number of piperidine rings is 1. The molecule has 1 amide bonds. The second-order valence-corrected chi connectivity index (χ2v) is 4.46. The van der Waals surface area contributed by atoms with E-state index in [1.165, 1.54) is 6.42 Å². The number of nitrogens with zero attached hydrogens (tertiary/aromatic N) is 2. The quantitative estimate of drug-likeness (QED) is 0.761. The Labute approximate surface area is 96.5 Å². The smallest absolute Gasteiger partial charge is 0.227 e. The summed E-state index contributed by atoms with van der Waals surface area (Å²) in [5.74, 6) is 0.249. The van der Waals surface area contributed by atoms with Crippen molar-refractivity contribution in [3.8, 4) is 0 Å². The van der Waals surface area contributed by atoms with Gasteiger partial charge < -0.3 is 4.90 Å². The Morgan fingerprint density at radius 1 is 1.44 bits per heavy atom. The molecule has 0 spiro atoms. The van der Waals surface area contributed by atoms with Crippen molar-refractivity contribution in [1.82, 2.24) is 9.88 Å². The highest BCUT2D eigenvalue weighted by Crippen LogP contribution is 2.17. The van der Waals surface area contributed by atoms with Crippen LogP contribution in [-0.2, 0) is 11.2 Å². The standard InChI is InChI=1S/C13H18N2O/c1-11-4-2-3-9-15(11)13(16)10-12-5-7-14-8-6-12/h5-8,11H,2-4,9-10H2,1H3/t11-/m0/s1. The lowest BCUT2D eigenvalue weighted by Gasteiger charge is -2.33. The minimum Gasteiger partial charge on any atom is -0.340 e. The molecule has 1 saturated heterocycles. The van der Waals surface area contributed by atoms with Crippen LogP contribution >= 0.6 is 0 Å². The van der Waals surface area contributed by atoms with Gasteiger partial charge >= 0.3 is 0 Å². The van der Waals surface area contributed by atoms with E-state index in [-0.39, 0.29) is 5.91 Å². The first-order valence-electron chi connectivity index (χ1n) is 5.96. The van der Waals surface area contributed by atoms with Crippen LogP contribution in [-0.4, -0.2) is 28.4 Å². The Balaban J connectivity index is 1.97. The summed E-state index contributed by atoms with van der Waals surface area (Å²) < 4.78 is 0. The number of hydrogen-bond acceptors (Lipinski definition) is 2. The Morgan fingerprint density at radius 3 is 2.88 bits per heavy atom. The Morgan fingerprint density at radius 2 is 2.19 bits per heavy atom. The average molecular weight is 218 g/mol. The van der Waals surface area contributed by atoms with E-state index < -0.39 is 0 Å². The summed E-state index contributed by atoms with van der Waals surface area (Å²) in [6.07, 6.45) is 7.52. The summed E-state index contributed by atoms with van der Waals surface area (Å²) in [7, 11) is 0. The van der Waals surface area contributed by atoms with E-state index in [0.29, 0.717) is 12.5 Å². The predicted molar refractivity (Wildman–Crippen MR) is 63.0 cm³/mol. The molecule has 0 saturated carbocycles. The van der Waals surface area contributed by atoms with Gasteiger partial charge in [0.15, 0.2) is 0 Å². The van der Waals surface area contributed by atoms with Gasteiger partial charge in [0, 0.05) is 25.0 Å². The van der Waals surface area contributed by atoms with Crippen molar-refractivity contribution >= 4 is 5.91 Å². The van der Waals surface area contributed by atoms with E-state index in [1.54, 1.807) is 12.4 Å². The van der Waals surface area contributed by atoms with E-state index >= 15 is 0 Å². The first-order chi connectivity index (χ1) is 7.77. The molecule has 0 N–H and O–H groups in total. The molecule has 2 rings (SSSR count). The van der Waals surface area contributed by atoms with Gasteiger partial charge in [-0.15, -0.1) is 0 Å². The molecule has 1 aromatic heterocycles. The third kappa shape index (κ3) is 2.60. The zero-order valence-electron chi connectivity index (χ0n) is 9.72. The van der Waals surface area contributed by atoms with Gasteiger partial charge in [-0.25, -0.2) is 0 Å². The van der Waals surface area contributed by atoms with Gasteiger partial charge in [0.1, 0.15) is 0 Å². The molecule has 3 nitrogen and oxygen atoms in total. The molecule has 0 unspecified atom stereocenters. The summed E-state index contributed by atoms with van der Waals surface area (Å²) in [5, 5.41) is 0. The summed E-state index contributed by atoms with van der Waals surface area (Å²) >= 11 is 0. The summed E-state index contributed by atoms with van der Waals surface area (Å²) in [4.78, 5) is 18.1. The number of amides is 1. The summed E-state index contributed by atoms with van der Waals surface area (Å²) in [5.41, 5.74) is 1.05. The fourth-order valence-corrected chi connectivity index (χ4v) is 2.25. The zero-order valence-corrected chi connectivity index (χ0v) is 9.72. The molecular weight excluding hydrogens is 200 g/mol. The van der Waals surface area contributed by atoms with Crippen LogP contribution in [0.5, 0.6) is 0 Å². The molecule has 1 aliphatic heterocycles. The number of hydrogen-bond donors (Lipinski definition) is 0. The number of pyridine rings is 1. The van der Waals surface area contributed by atoms with Gasteiger partial charge in [0.05, 0.1) is 6.42 Å². The van der Waals surface area contributed by atoms with Crippen molar-refractivity contribution in [2.24, 2.45) is 0 Å². The van der Waals surface area contributed by atoms with Gasteiger partial charge in [-0.2, -0.15) is 0 Å². The molecule has 0 radical (unpaired) electrons. The average Bonchev–Trinajstić information content (AvgIpc) is 2.31. The van der Waals surface area contributed by atoms with E-state index in [2.05, 4.69) is 11.9 Å². The highest BCUT2D eigenvalue weighted by molar-refractivity contribution is 5.79. The van der Waals surface area contributed by atoms with Crippen LogP contribution in [0.15, 0.2) is 24.5 Å². The summed E-state index contributed by atoms with van der Waals surface area (Å²) in [6.45, 7) is 3.06. The third-order valence-electron chi connectivity index (χ3n) is 3.23. The topological polar surface area (TPSA) is 33.2 Å². The molecule has 2 heterocycles. The van der Waals surface area contributed by atoms with Gasteiger partial charge in [0.25, 0.3) is 0 Å². The number of aromatic nitrogens is 1. The van der Waals surface area contributed by atoms with Crippen molar-refractivity contribution in [2.45, 2.75) is 38.6 Å². The first-order valence-corrected chi connectivity index (χ1v) is 5.96. The monoisotopic (exact) mass is 218 g/mol. The molecule has 0 bridgehead atoms. The number of rotatable bonds is 2. The molecule has 1 atom stereocenters. The first kappa shape index (κ1) is 11.1. The normalized spacial score (nSPS) is 20.8. The maximum absolute atomic E-state index is 12.1. The molecular formula is C13H18N2O. The maximum Gasteiger partial charge on any atom is 0.227 e. The third-order valence-corrected chi connectivity index (χ3v) is 3.23. The lowest BCUT2D eigenvalue weighted by molar-refractivity contribution is -0.133. The SMILES string of the molecule is C[C@H]1CCCCN1C(=O)Cc1ccncc1. The maximum atomic E-state index is 12.1. The number of carbonyl (C=O) groups excluding carboxylic acids is 1. The highest BCUT2D eigenvalue weighted by atomic mass is 16.2. The molecule has 3 heteroatoms. The zero-order chi connectivity index (χ0) is 11.4. The molecule has 86 valence electrons. The van der Waals surface area contributed by atoms with Gasteiger partial charge in [-0.1, -0.05) is 0 Å². The van der Waals surface area contributed by atoms with Crippen LogP contribution in [0, 0.1) is 0 Å². The molecule has 1 aliphatic rings. The second-order valence-electron chi connectivity index (χ2n) is 4.46. The van der Waals surface area contributed by atoms with Crippen LogP contribution < -0.4 is 0 Å². The molecule has 1 aromatic rings. The van der Waals surface area contributed by atoms with Crippen molar-refractivity contribution in [2.75, 3.05) is 6.54 Å². The molecule has 0 aromatic carbocycles. The minimum absolute atomic E-state index is 0.249. The molecule has 1 fully saturated rings. The van der Waals surface area contributed by atoms with Gasteiger partial charge in [-0.3, -0.25) is 9.78 Å². The minimum atomic E-state index is 0.249. The predicted octanol–water partition coefficient (Wildman–Crippen LogP) is 2.03. The fraction of sp³-hybridized carbons (Fsp3) is 0.538. The molecule has 0 aliphatic carbocycles. The van der Waals surface area contributed by atoms with Crippen LogP contribution in [0.4, 0.5) is 0 Å². The Bertz CT molecular complexity index is 350. The van der Waals surface area contributed by atoms with Crippen molar-refractivity contribution in [3.05, 3.63) is 30.1 Å². The van der Waals surface area contributed by atoms with Crippen molar-refractivity contribution in [1.29, 1.82) is 0 Å². The lowest BCUT2D eigenvalue weighted by atomic mass is 10.0. The molecule has 16 heavy (non-hydrogen) atoms. The van der Waals surface area contributed by atoms with Crippen LogP contribution in [0.3, 0.4) is 0 Å². The van der Waals surface area contributed by atoms with Crippen LogP contribution in [0.1, 0.15) is 31.7 Å². The number of likely N-dealkylation sites (tertiary alicyclic amines) is 1. The van der Waals surface area contributed by atoms with Gasteiger partial charge in [0.2, 0.25) is 5.91 Å². The Hall–Kier alpha value is -1.38. The van der Waals surface area contributed by atoms with Crippen molar-refractivity contribution < 1.29 is 4.79 Å². The Kier molecular flexibility index (Phi) is 3.54. The van der Waals surface area contributed by atoms with Crippen LogP contribution in [0.2, 0.25) is 0 Å². The van der Waals surface area contributed by atoms with E-state index in [0.717, 1.165) is 24.9 Å².